The van der Waals surface area contributed by atoms with Crippen LogP contribution in [0.5, 0.6) is 0 Å². The predicted octanol–water partition coefficient (Wildman–Crippen LogP) is 6.38. The van der Waals surface area contributed by atoms with Crippen LogP contribution in [0.25, 0.3) is 0 Å². The zero-order valence-electron chi connectivity index (χ0n) is 38.7. The van der Waals surface area contributed by atoms with Gasteiger partial charge in [0.15, 0.2) is 0 Å². The minimum atomic E-state index is -4.77. The number of hydrogen-bond donors (Lipinski definition) is 10. The fourth-order valence-electron chi connectivity index (χ4n) is 8.30. The van der Waals surface area contributed by atoms with Gasteiger partial charge in [-0.05, 0) is 55.6 Å². The summed E-state index contributed by atoms with van der Waals surface area (Å²) >= 11 is 0. The van der Waals surface area contributed by atoms with Crippen molar-refractivity contribution >= 4 is 35.6 Å². The van der Waals surface area contributed by atoms with E-state index in [4.69, 9.17) is 0 Å². The van der Waals surface area contributed by atoms with Gasteiger partial charge in [-0.3, -0.25) is 28.8 Å². The molecular formula is C49H67F3N6O10. The predicted molar refractivity (Wildman–Crippen MR) is 249 cm³/mol. The van der Waals surface area contributed by atoms with Crippen LogP contribution in [0.2, 0.25) is 0 Å². The van der Waals surface area contributed by atoms with Crippen molar-refractivity contribution in [3.63, 3.8) is 0 Å². The van der Waals surface area contributed by atoms with Crippen molar-refractivity contribution in [1.82, 2.24) is 31.9 Å². The molecular weight excluding hydrogens is 890 g/mol. The minimum absolute atomic E-state index is 0.0263. The average molecular weight is 957 g/mol. The number of rotatable bonds is 29. The first-order valence-electron chi connectivity index (χ1n) is 22.7. The van der Waals surface area contributed by atoms with Gasteiger partial charge in [0.25, 0.3) is 0 Å². The normalized spacial score (nSPS) is 18.1. The molecule has 19 heteroatoms. The summed E-state index contributed by atoms with van der Waals surface area (Å²) in [7, 11) is 0. The summed E-state index contributed by atoms with van der Waals surface area (Å²) in [5.74, 6) is -7.84. The summed E-state index contributed by atoms with van der Waals surface area (Å²) in [6.45, 7) is 18.7. The summed E-state index contributed by atoms with van der Waals surface area (Å²) in [4.78, 5) is 78.3. The van der Waals surface area contributed by atoms with Crippen molar-refractivity contribution in [2.45, 2.75) is 146 Å². The van der Waals surface area contributed by atoms with Crippen LogP contribution in [0, 0.1) is 11.8 Å². The number of nitrogens with one attached hydrogen (secondary N) is 6. The first-order chi connectivity index (χ1) is 31.9. The molecule has 0 bridgehead atoms. The van der Waals surface area contributed by atoms with Crippen molar-refractivity contribution in [3.8, 4) is 0 Å². The number of allylic oxidation sites excluding steroid dienone is 4. The van der Waals surface area contributed by atoms with Crippen LogP contribution in [0.1, 0.15) is 109 Å². The van der Waals surface area contributed by atoms with Gasteiger partial charge in [0.05, 0.1) is 31.0 Å². The highest BCUT2D eigenvalue weighted by atomic mass is 19.4. The molecule has 68 heavy (non-hydrogen) atoms. The lowest BCUT2D eigenvalue weighted by atomic mass is 9.80. The van der Waals surface area contributed by atoms with Gasteiger partial charge in [0.1, 0.15) is 23.9 Å². The fourth-order valence-corrected chi connectivity index (χ4v) is 8.30. The van der Waals surface area contributed by atoms with Crippen LogP contribution >= 0.6 is 0 Å². The molecule has 16 nitrogen and oxygen atoms in total. The molecule has 0 spiro atoms. The van der Waals surface area contributed by atoms with E-state index in [2.05, 4.69) is 58.2 Å². The molecule has 1 fully saturated rings. The van der Waals surface area contributed by atoms with Gasteiger partial charge < -0.3 is 52.3 Å². The largest absolute Gasteiger partial charge is 0.511 e. The van der Waals surface area contributed by atoms with Crippen LogP contribution in [-0.2, 0) is 28.8 Å². The van der Waals surface area contributed by atoms with Crippen molar-refractivity contribution in [2.24, 2.45) is 11.8 Å². The number of aliphatic carboxylic acids is 3. The van der Waals surface area contributed by atoms with Crippen LogP contribution < -0.4 is 31.9 Å². The molecule has 0 radical (unpaired) electrons. The molecule has 0 aromatic heterocycles. The fraction of sp³-hybridized carbons (Fsp3) is 0.510. The molecule has 0 heterocycles. The van der Waals surface area contributed by atoms with E-state index in [1.165, 1.54) is 6.92 Å². The highest BCUT2D eigenvalue weighted by Gasteiger charge is 2.38. The van der Waals surface area contributed by atoms with Gasteiger partial charge in [0.2, 0.25) is 17.7 Å². The van der Waals surface area contributed by atoms with Gasteiger partial charge in [-0.25, -0.2) is 0 Å². The Bertz CT molecular complexity index is 2040. The zero-order valence-corrected chi connectivity index (χ0v) is 38.7. The van der Waals surface area contributed by atoms with E-state index in [0.29, 0.717) is 17.6 Å². The second kappa shape index (κ2) is 26.7. The number of carboxylic acid groups (broad SMARTS) is 3. The summed E-state index contributed by atoms with van der Waals surface area (Å²) < 4.78 is 40.5. The number of carbonyl (C=O) groups is 6. The highest BCUT2D eigenvalue weighted by Crippen LogP contribution is 2.34. The molecule has 3 rings (SSSR count). The summed E-state index contributed by atoms with van der Waals surface area (Å²) in [5.41, 5.74) is 1.55. The second-order valence-corrected chi connectivity index (χ2v) is 17.7. The monoisotopic (exact) mass is 956 g/mol. The Balaban J connectivity index is 2.13. The number of alkyl halides is 3. The Morgan fingerprint density at radius 1 is 0.691 bits per heavy atom. The maximum atomic E-state index is 15.1. The van der Waals surface area contributed by atoms with E-state index >= 15 is 4.79 Å². The number of benzene rings is 1. The summed E-state index contributed by atoms with van der Waals surface area (Å²) in [6.07, 6.45) is 2.18. The van der Waals surface area contributed by atoms with Gasteiger partial charge in [-0.2, -0.15) is 13.2 Å². The van der Waals surface area contributed by atoms with E-state index in [1.807, 2.05) is 25.2 Å². The van der Waals surface area contributed by atoms with Crippen molar-refractivity contribution in [2.75, 3.05) is 0 Å². The van der Waals surface area contributed by atoms with E-state index in [0.717, 1.165) is 32.1 Å². The molecule has 10 N–H and O–H groups in total. The van der Waals surface area contributed by atoms with Crippen molar-refractivity contribution in [1.29, 1.82) is 0 Å². The number of halogens is 3. The number of aliphatic hydroxyl groups excluding tert-OH is 1. The molecule has 0 saturated heterocycles. The molecule has 3 amide bonds. The van der Waals surface area contributed by atoms with Gasteiger partial charge >= 0.3 is 24.1 Å². The SMILES string of the molecule is C=C(C)NC(CC(=O)O)C(=O)NC(CCC(=O)O)C(=C)NC(C(=O)NC(CCC(=O)O)C(=C)NC(CC1CCCCC1)C(=O)NC(CC(F)(F)F)C(=C)O)[C@@H](C1=CCC(C)C=C1)c1ccccc1. The Hall–Kier alpha value is -6.53. The molecule has 1 aromatic carbocycles. The first kappa shape index (κ1) is 55.8. The van der Waals surface area contributed by atoms with Gasteiger partial charge in [-0.1, -0.05) is 114 Å². The molecule has 8 atom stereocenters. The Morgan fingerprint density at radius 2 is 1.24 bits per heavy atom. The number of amides is 3. The van der Waals surface area contributed by atoms with Crippen LogP contribution in [-0.4, -0.2) is 98.5 Å². The standard InChI is InChI=1S/C49H67F3N6O10/c1-28(2)53-39(26-43(64)65)47(67)56-37(22-24-42(62)63)31(5)55-45(44(34-15-11-8-12-16-34)35-19-17-29(3)18-20-35)48(68)57-36(21-23-41(60)61)30(4)54-38(25-33-13-9-7-10-14-33)46(66)58-40(32(6)59)27-49(50,51)52/h8,11-12,15-17,19-20,29,33,36-40,44-45,53-55,59H,1,4-7,9-10,13-14,18,21-27H2,2-3H3,(H,56,67)(H,57,68)(H,58,66)(H,60,61)(H,62,63)(H,64,65)/t29?,36?,37?,38?,39?,40?,44-,45?/m1/s1. The molecule has 2 aliphatic rings. The lowest BCUT2D eigenvalue weighted by Gasteiger charge is -2.35. The van der Waals surface area contributed by atoms with Crippen LogP contribution in [0.4, 0.5) is 13.2 Å². The smallest absolute Gasteiger partial charge is 0.391 e. The zero-order chi connectivity index (χ0) is 50.7. The van der Waals surface area contributed by atoms with Crippen LogP contribution in [0.3, 0.4) is 0 Å². The molecule has 2 aliphatic carbocycles. The number of aliphatic hydroxyl groups is 1. The molecule has 7 unspecified atom stereocenters. The number of carbonyl (C=O) groups excluding carboxylic acids is 3. The van der Waals surface area contributed by atoms with Gasteiger partial charge in [0, 0.05) is 35.9 Å². The van der Waals surface area contributed by atoms with E-state index in [1.54, 1.807) is 30.3 Å². The third kappa shape index (κ3) is 19.4. The number of carboxylic acids is 3. The Kier molecular flexibility index (Phi) is 21.9. The highest BCUT2D eigenvalue weighted by molar-refractivity contribution is 5.87. The maximum absolute atomic E-state index is 15.1. The molecule has 1 aromatic rings. The second-order valence-electron chi connectivity index (χ2n) is 17.7. The molecule has 0 aliphatic heterocycles. The Morgan fingerprint density at radius 3 is 1.74 bits per heavy atom. The van der Waals surface area contributed by atoms with Gasteiger partial charge in [-0.15, -0.1) is 0 Å². The topological polar surface area (TPSA) is 256 Å². The Labute approximate surface area is 395 Å². The van der Waals surface area contributed by atoms with Crippen LogP contribution in [0.15, 0.2) is 103 Å². The van der Waals surface area contributed by atoms with E-state index in [-0.39, 0.29) is 48.2 Å². The van der Waals surface area contributed by atoms with E-state index < -0.39 is 115 Å². The third-order valence-corrected chi connectivity index (χ3v) is 11.8. The number of hydrogen-bond acceptors (Lipinski definition) is 10. The van der Waals surface area contributed by atoms with Crippen molar-refractivity contribution < 1.29 is 62.4 Å². The molecule has 1 saturated carbocycles. The van der Waals surface area contributed by atoms with E-state index in [9.17, 15) is 57.6 Å². The lowest BCUT2D eigenvalue weighted by molar-refractivity contribution is -0.143. The quantitative estimate of drug-likeness (QED) is 0.0392. The third-order valence-electron chi connectivity index (χ3n) is 11.8. The molecule has 374 valence electrons. The average Bonchev–Trinajstić information content (AvgIpc) is 3.25. The first-order valence-corrected chi connectivity index (χ1v) is 22.7. The van der Waals surface area contributed by atoms with Crippen molar-refractivity contribution in [3.05, 3.63) is 109 Å². The minimum Gasteiger partial charge on any atom is -0.511 e. The summed E-state index contributed by atoms with van der Waals surface area (Å²) in [6, 6.07) is 0.679. The maximum Gasteiger partial charge on any atom is 0.391 e. The lowest BCUT2D eigenvalue weighted by Crippen LogP contribution is -2.56. The summed E-state index contributed by atoms with van der Waals surface area (Å²) in [5, 5.41) is 55.7.